The van der Waals surface area contributed by atoms with Crippen LogP contribution in [0.2, 0.25) is 0 Å². The maximum absolute atomic E-state index is 11.2. The Hall–Kier alpha value is -1.51. The van der Waals surface area contributed by atoms with Crippen molar-refractivity contribution >= 4 is 11.7 Å². The first kappa shape index (κ1) is 16.5. The third-order valence-corrected chi connectivity index (χ3v) is 3.84. The molecule has 0 heterocycles. The number of hydrogen-bond donors (Lipinski definition) is 1. The van der Waals surface area contributed by atoms with E-state index in [2.05, 4.69) is 13.8 Å². The number of hydrogen-bond acceptors (Lipinski definition) is 2. The summed E-state index contributed by atoms with van der Waals surface area (Å²) >= 11 is 0. The van der Waals surface area contributed by atoms with Crippen molar-refractivity contribution in [2.75, 3.05) is 19.0 Å². The number of nitrogens with zero attached hydrogens (tertiary/aromatic N) is 1. The maximum Gasteiger partial charge on any atom is 0.337 e. The highest BCUT2D eigenvalue weighted by Crippen LogP contribution is 2.24. The molecule has 1 unspecified atom stereocenters. The highest BCUT2D eigenvalue weighted by atomic mass is 16.4. The lowest BCUT2D eigenvalue weighted by molar-refractivity contribution is 0.0697. The zero-order chi connectivity index (χ0) is 15.1. The Morgan fingerprint density at radius 1 is 1.30 bits per heavy atom. The monoisotopic (exact) mass is 277 g/mol. The second-order valence-electron chi connectivity index (χ2n) is 5.67. The number of carboxylic acid groups (broad SMARTS) is 1. The predicted octanol–water partition coefficient (Wildman–Crippen LogP) is 4.21. The lowest BCUT2D eigenvalue weighted by atomic mass is 9.91. The molecule has 20 heavy (non-hydrogen) atoms. The van der Waals surface area contributed by atoms with Crippen molar-refractivity contribution in [1.29, 1.82) is 0 Å². The summed E-state index contributed by atoms with van der Waals surface area (Å²) in [6.07, 6.45) is 5.98. The lowest BCUT2D eigenvalue weighted by Gasteiger charge is -2.19. The van der Waals surface area contributed by atoms with Gasteiger partial charge in [0.1, 0.15) is 0 Å². The van der Waals surface area contributed by atoms with Gasteiger partial charge in [-0.05, 0) is 30.0 Å². The van der Waals surface area contributed by atoms with Gasteiger partial charge in [0.05, 0.1) is 11.3 Å². The summed E-state index contributed by atoms with van der Waals surface area (Å²) in [5, 5.41) is 9.22. The molecular formula is C17H27NO2. The van der Waals surface area contributed by atoms with Gasteiger partial charge in [0.25, 0.3) is 0 Å². The molecule has 0 aliphatic heterocycles. The average molecular weight is 277 g/mol. The van der Waals surface area contributed by atoms with E-state index in [1.165, 1.54) is 31.2 Å². The smallest absolute Gasteiger partial charge is 0.337 e. The van der Waals surface area contributed by atoms with Crippen LogP contribution in [-0.4, -0.2) is 25.2 Å². The number of carboxylic acids is 1. The molecule has 1 atom stereocenters. The standard InChI is InChI=1S/C17H27NO2/c1-5-7-8-13(6-2)11-14-9-10-15(17(19)20)16(12-14)18(3)4/h9-10,12-13H,5-8,11H2,1-4H3,(H,19,20). The molecule has 0 saturated carbocycles. The van der Waals surface area contributed by atoms with E-state index in [4.69, 9.17) is 0 Å². The van der Waals surface area contributed by atoms with Crippen molar-refractivity contribution in [3.8, 4) is 0 Å². The summed E-state index contributed by atoms with van der Waals surface area (Å²) in [5.41, 5.74) is 2.40. The minimum atomic E-state index is -0.863. The third kappa shape index (κ3) is 4.55. The molecule has 0 amide bonds. The van der Waals surface area contributed by atoms with Crippen molar-refractivity contribution in [2.24, 2.45) is 5.92 Å². The topological polar surface area (TPSA) is 40.5 Å². The number of benzene rings is 1. The molecule has 0 aliphatic carbocycles. The summed E-state index contributed by atoms with van der Waals surface area (Å²) in [7, 11) is 3.78. The first-order chi connectivity index (χ1) is 9.49. The van der Waals surface area contributed by atoms with Gasteiger partial charge in [-0.25, -0.2) is 4.79 Å². The summed E-state index contributed by atoms with van der Waals surface area (Å²) in [6, 6.07) is 5.72. The van der Waals surface area contributed by atoms with Crippen molar-refractivity contribution in [2.45, 2.75) is 46.0 Å². The van der Waals surface area contributed by atoms with Gasteiger partial charge in [0.15, 0.2) is 0 Å². The summed E-state index contributed by atoms with van der Waals surface area (Å²) in [6.45, 7) is 4.46. The van der Waals surface area contributed by atoms with Crippen LogP contribution >= 0.6 is 0 Å². The number of unbranched alkanes of at least 4 members (excludes halogenated alkanes) is 1. The fourth-order valence-electron chi connectivity index (χ4n) is 2.53. The van der Waals surface area contributed by atoms with Gasteiger partial charge in [0, 0.05) is 14.1 Å². The van der Waals surface area contributed by atoms with E-state index < -0.39 is 5.97 Å². The molecule has 1 rings (SSSR count). The van der Waals surface area contributed by atoms with E-state index in [0.717, 1.165) is 12.1 Å². The van der Waals surface area contributed by atoms with Crippen molar-refractivity contribution in [3.05, 3.63) is 29.3 Å². The van der Waals surface area contributed by atoms with Gasteiger partial charge in [0.2, 0.25) is 0 Å². The third-order valence-electron chi connectivity index (χ3n) is 3.84. The molecule has 0 spiro atoms. The molecule has 0 aromatic heterocycles. The van der Waals surface area contributed by atoms with Crippen molar-refractivity contribution in [3.63, 3.8) is 0 Å². The molecule has 0 fully saturated rings. The van der Waals surface area contributed by atoms with Crippen LogP contribution in [0.4, 0.5) is 5.69 Å². The Bertz CT molecular complexity index is 441. The zero-order valence-electron chi connectivity index (χ0n) is 13.1. The molecule has 1 aromatic rings. The van der Waals surface area contributed by atoms with Gasteiger partial charge in [-0.2, -0.15) is 0 Å². The van der Waals surface area contributed by atoms with Gasteiger partial charge in [-0.1, -0.05) is 45.6 Å². The summed E-state index contributed by atoms with van der Waals surface area (Å²) in [5.74, 6) is -0.168. The normalized spacial score (nSPS) is 12.2. The SMILES string of the molecule is CCCCC(CC)Cc1ccc(C(=O)O)c(N(C)C)c1. The Balaban J connectivity index is 2.91. The fraction of sp³-hybridized carbons (Fsp3) is 0.588. The van der Waals surface area contributed by atoms with Gasteiger partial charge >= 0.3 is 5.97 Å². The number of carbonyl (C=O) groups is 1. The summed E-state index contributed by atoms with van der Waals surface area (Å²) in [4.78, 5) is 13.1. The zero-order valence-corrected chi connectivity index (χ0v) is 13.1. The highest BCUT2D eigenvalue weighted by Gasteiger charge is 2.14. The molecule has 1 N–H and O–H groups in total. The molecule has 0 saturated heterocycles. The number of aromatic carboxylic acids is 1. The van der Waals surface area contributed by atoms with Crippen LogP contribution in [-0.2, 0) is 6.42 Å². The number of anilines is 1. The van der Waals surface area contributed by atoms with Crippen LogP contribution < -0.4 is 4.90 Å². The number of rotatable bonds is 8. The lowest BCUT2D eigenvalue weighted by Crippen LogP contribution is -2.14. The van der Waals surface area contributed by atoms with Crippen LogP contribution in [0, 0.1) is 5.92 Å². The molecule has 0 bridgehead atoms. The molecule has 0 aliphatic rings. The van der Waals surface area contributed by atoms with Crippen LogP contribution in [0.15, 0.2) is 18.2 Å². The average Bonchev–Trinajstić information content (AvgIpc) is 2.42. The van der Waals surface area contributed by atoms with E-state index in [1.54, 1.807) is 6.07 Å². The first-order valence-electron chi connectivity index (χ1n) is 7.53. The van der Waals surface area contributed by atoms with E-state index in [1.807, 2.05) is 31.1 Å². The largest absolute Gasteiger partial charge is 0.478 e. The van der Waals surface area contributed by atoms with Crippen LogP contribution in [0.3, 0.4) is 0 Å². The van der Waals surface area contributed by atoms with Crippen LogP contribution in [0.25, 0.3) is 0 Å². The van der Waals surface area contributed by atoms with Gasteiger partial charge in [-0.15, -0.1) is 0 Å². The predicted molar refractivity (Wildman–Crippen MR) is 84.7 cm³/mol. The summed E-state index contributed by atoms with van der Waals surface area (Å²) < 4.78 is 0. The van der Waals surface area contributed by atoms with E-state index >= 15 is 0 Å². The molecular weight excluding hydrogens is 250 g/mol. The van der Waals surface area contributed by atoms with Gasteiger partial charge < -0.3 is 10.0 Å². The maximum atomic E-state index is 11.2. The Kier molecular flexibility index (Phi) is 6.56. The Labute approximate surface area is 122 Å². The Morgan fingerprint density at radius 3 is 2.50 bits per heavy atom. The van der Waals surface area contributed by atoms with Crippen molar-refractivity contribution < 1.29 is 9.90 Å². The van der Waals surface area contributed by atoms with Crippen LogP contribution in [0.1, 0.15) is 55.5 Å². The highest BCUT2D eigenvalue weighted by molar-refractivity contribution is 5.94. The first-order valence-corrected chi connectivity index (χ1v) is 7.53. The van der Waals surface area contributed by atoms with E-state index in [9.17, 15) is 9.90 Å². The molecule has 3 heteroatoms. The van der Waals surface area contributed by atoms with E-state index in [-0.39, 0.29) is 0 Å². The van der Waals surface area contributed by atoms with Crippen LogP contribution in [0.5, 0.6) is 0 Å². The van der Waals surface area contributed by atoms with Gasteiger partial charge in [-0.3, -0.25) is 0 Å². The molecule has 112 valence electrons. The van der Waals surface area contributed by atoms with E-state index in [0.29, 0.717) is 11.5 Å². The molecule has 1 aromatic carbocycles. The second-order valence-corrected chi connectivity index (χ2v) is 5.67. The molecule has 3 nitrogen and oxygen atoms in total. The second kappa shape index (κ2) is 7.93. The minimum Gasteiger partial charge on any atom is -0.478 e. The quantitative estimate of drug-likeness (QED) is 0.773. The Morgan fingerprint density at radius 2 is 2.00 bits per heavy atom. The fourth-order valence-corrected chi connectivity index (χ4v) is 2.53. The molecule has 0 radical (unpaired) electrons. The minimum absolute atomic E-state index is 0.375. The van der Waals surface area contributed by atoms with Crippen molar-refractivity contribution in [1.82, 2.24) is 0 Å².